The second-order valence-electron chi connectivity index (χ2n) is 3.88. The number of hydrogen-bond donors (Lipinski definition) is 1. The van der Waals surface area contributed by atoms with Crippen LogP contribution in [0.3, 0.4) is 0 Å². The van der Waals surface area contributed by atoms with E-state index in [9.17, 15) is 4.79 Å². The normalized spacial score (nSPS) is 10.0. The van der Waals surface area contributed by atoms with Crippen LogP contribution >= 0.6 is 12.2 Å². The van der Waals surface area contributed by atoms with E-state index < -0.39 is 0 Å². The zero-order chi connectivity index (χ0) is 12.8. The van der Waals surface area contributed by atoms with Crippen LogP contribution in [0.4, 0.5) is 0 Å². The molecule has 0 bridgehead atoms. The van der Waals surface area contributed by atoms with Crippen molar-refractivity contribution in [2.45, 2.75) is 20.3 Å². The van der Waals surface area contributed by atoms with E-state index in [1.54, 1.807) is 23.2 Å². The lowest BCUT2D eigenvalue weighted by molar-refractivity contribution is 0.0779. The van der Waals surface area contributed by atoms with Crippen molar-refractivity contribution in [3.8, 4) is 0 Å². The summed E-state index contributed by atoms with van der Waals surface area (Å²) in [7, 11) is 0. The lowest BCUT2D eigenvalue weighted by Gasteiger charge is -2.21. The molecule has 1 aromatic heterocycles. The Morgan fingerprint density at radius 2 is 2.29 bits per heavy atom. The fraction of sp³-hybridized carbons (Fsp3) is 0.417. The fourth-order valence-electron chi connectivity index (χ4n) is 1.57. The number of thiocarbonyl (C=S) groups is 1. The van der Waals surface area contributed by atoms with Gasteiger partial charge in [0.05, 0.1) is 11.5 Å². The molecule has 0 aliphatic carbocycles. The highest BCUT2D eigenvalue weighted by Gasteiger charge is 2.15. The molecule has 0 fully saturated rings. The third kappa shape index (κ3) is 4.11. The van der Waals surface area contributed by atoms with E-state index in [1.165, 1.54) is 0 Å². The van der Waals surface area contributed by atoms with Crippen LogP contribution in [0.25, 0.3) is 0 Å². The van der Waals surface area contributed by atoms with Crippen molar-refractivity contribution in [1.29, 1.82) is 0 Å². The van der Waals surface area contributed by atoms with Crippen LogP contribution in [-0.2, 0) is 0 Å². The number of pyridine rings is 1. The average Bonchev–Trinajstić information content (AvgIpc) is 2.27. The van der Waals surface area contributed by atoms with E-state index in [0.29, 0.717) is 23.6 Å². The topological polar surface area (TPSA) is 59.2 Å². The van der Waals surface area contributed by atoms with Crippen molar-refractivity contribution in [1.82, 2.24) is 9.88 Å². The Kier molecular flexibility index (Phi) is 5.03. The number of carbonyl (C=O) groups excluding carboxylic acids is 1. The highest BCUT2D eigenvalue weighted by molar-refractivity contribution is 7.80. The van der Waals surface area contributed by atoms with Gasteiger partial charge in [-0.3, -0.25) is 9.78 Å². The van der Waals surface area contributed by atoms with E-state index in [4.69, 9.17) is 18.0 Å². The Balaban J connectivity index is 2.87. The third-order valence-electron chi connectivity index (χ3n) is 2.27. The minimum atomic E-state index is -0.0508. The van der Waals surface area contributed by atoms with Gasteiger partial charge in [-0.05, 0) is 25.5 Å². The Morgan fingerprint density at radius 1 is 1.59 bits per heavy atom. The quantitative estimate of drug-likeness (QED) is 0.806. The molecule has 2 N–H and O–H groups in total. The zero-order valence-corrected chi connectivity index (χ0v) is 11.0. The van der Waals surface area contributed by atoms with Crippen molar-refractivity contribution < 1.29 is 4.79 Å². The summed E-state index contributed by atoms with van der Waals surface area (Å²) in [6.07, 6.45) is 2.51. The summed E-state index contributed by atoms with van der Waals surface area (Å²) in [5.74, 6) is -0.0508. The summed E-state index contributed by atoms with van der Waals surface area (Å²) in [5, 5.41) is 0. The first-order valence-electron chi connectivity index (χ1n) is 5.54. The molecule has 0 aliphatic rings. The molecule has 17 heavy (non-hydrogen) atoms. The molecule has 1 aromatic rings. The number of aromatic nitrogens is 1. The Morgan fingerprint density at radius 3 is 2.82 bits per heavy atom. The number of aryl methyl sites for hydroxylation is 1. The van der Waals surface area contributed by atoms with Crippen LogP contribution in [0.15, 0.2) is 18.3 Å². The lowest BCUT2D eigenvalue weighted by Crippen LogP contribution is -2.38. The Bertz CT molecular complexity index is 420. The summed E-state index contributed by atoms with van der Waals surface area (Å²) in [5.41, 5.74) is 6.94. The highest BCUT2D eigenvalue weighted by Crippen LogP contribution is 2.06. The number of rotatable bonds is 5. The van der Waals surface area contributed by atoms with Gasteiger partial charge in [-0.1, -0.05) is 19.1 Å². The van der Waals surface area contributed by atoms with Gasteiger partial charge < -0.3 is 10.6 Å². The van der Waals surface area contributed by atoms with Gasteiger partial charge in [-0.25, -0.2) is 0 Å². The van der Waals surface area contributed by atoms with Gasteiger partial charge in [0.25, 0.3) is 5.91 Å². The summed E-state index contributed by atoms with van der Waals surface area (Å²) < 4.78 is 0. The zero-order valence-electron chi connectivity index (χ0n) is 10.1. The van der Waals surface area contributed by atoms with E-state index >= 15 is 0 Å². The highest BCUT2D eigenvalue weighted by atomic mass is 32.1. The maximum absolute atomic E-state index is 12.2. The van der Waals surface area contributed by atoms with Gasteiger partial charge in [0.15, 0.2) is 0 Å². The van der Waals surface area contributed by atoms with Crippen LogP contribution < -0.4 is 5.73 Å². The SMILES string of the molecule is CCCN(CC(N)=S)C(=O)c1ccnc(C)c1. The Labute approximate surface area is 107 Å². The van der Waals surface area contributed by atoms with Crippen molar-refractivity contribution >= 4 is 23.1 Å². The van der Waals surface area contributed by atoms with Crippen molar-refractivity contribution in [3.05, 3.63) is 29.6 Å². The predicted molar refractivity (Wildman–Crippen MR) is 72.0 cm³/mol. The second kappa shape index (κ2) is 6.30. The van der Waals surface area contributed by atoms with Crippen LogP contribution in [0, 0.1) is 6.92 Å². The number of nitrogens with zero attached hydrogens (tertiary/aromatic N) is 2. The van der Waals surface area contributed by atoms with E-state index in [-0.39, 0.29) is 5.91 Å². The lowest BCUT2D eigenvalue weighted by atomic mass is 10.2. The van der Waals surface area contributed by atoms with E-state index in [2.05, 4.69) is 4.98 Å². The first-order chi connectivity index (χ1) is 8.04. The summed E-state index contributed by atoms with van der Waals surface area (Å²) in [6.45, 7) is 4.84. The first-order valence-corrected chi connectivity index (χ1v) is 5.95. The minimum absolute atomic E-state index is 0.0508. The molecule has 0 radical (unpaired) electrons. The summed E-state index contributed by atoms with van der Waals surface area (Å²) >= 11 is 4.85. The van der Waals surface area contributed by atoms with Gasteiger partial charge in [-0.15, -0.1) is 0 Å². The molecule has 1 amide bonds. The van der Waals surface area contributed by atoms with Crippen molar-refractivity contribution in [2.24, 2.45) is 5.73 Å². The van der Waals surface area contributed by atoms with Crippen LogP contribution in [0.1, 0.15) is 29.4 Å². The van der Waals surface area contributed by atoms with Crippen molar-refractivity contribution in [2.75, 3.05) is 13.1 Å². The monoisotopic (exact) mass is 251 g/mol. The van der Waals surface area contributed by atoms with Crippen LogP contribution in [0.2, 0.25) is 0 Å². The number of nitrogens with two attached hydrogens (primary N) is 1. The molecule has 92 valence electrons. The summed E-state index contributed by atoms with van der Waals surface area (Å²) in [6, 6.07) is 3.47. The summed E-state index contributed by atoms with van der Waals surface area (Å²) in [4.78, 5) is 18.3. The minimum Gasteiger partial charge on any atom is -0.392 e. The molecule has 0 unspecified atom stereocenters. The van der Waals surface area contributed by atoms with E-state index in [1.807, 2.05) is 13.8 Å². The molecule has 0 spiro atoms. The molecule has 0 saturated heterocycles. The number of amides is 1. The van der Waals surface area contributed by atoms with Gasteiger partial charge in [0, 0.05) is 24.0 Å². The predicted octanol–water partition coefficient (Wildman–Crippen LogP) is 1.53. The molecule has 1 rings (SSSR count). The second-order valence-corrected chi connectivity index (χ2v) is 4.40. The van der Waals surface area contributed by atoms with Crippen LogP contribution in [0.5, 0.6) is 0 Å². The molecular formula is C12H17N3OS. The number of hydrogen-bond acceptors (Lipinski definition) is 3. The van der Waals surface area contributed by atoms with E-state index in [0.717, 1.165) is 12.1 Å². The molecule has 0 saturated carbocycles. The first kappa shape index (κ1) is 13.6. The van der Waals surface area contributed by atoms with Gasteiger partial charge in [-0.2, -0.15) is 0 Å². The molecule has 4 nitrogen and oxygen atoms in total. The molecule has 5 heteroatoms. The maximum Gasteiger partial charge on any atom is 0.254 e. The fourth-order valence-corrected chi connectivity index (χ4v) is 1.73. The number of carbonyl (C=O) groups is 1. The largest absolute Gasteiger partial charge is 0.392 e. The van der Waals surface area contributed by atoms with Gasteiger partial charge in [0.1, 0.15) is 0 Å². The van der Waals surface area contributed by atoms with Gasteiger partial charge in [0.2, 0.25) is 0 Å². The average molecular weight is 251 g/mol. The smallest absolute Gasteiger partial charge is 0.254 e. The maximum atomic E-state index is 12.2. The van der Waals surface area contributed by atoms with Crippen LogP contribution in [-0.4, -0.2) is 33.9 Å². The van der Waals surface area contributed by atoms with Crippen molar-refractivity contribution in [3.63, 3.8) is 0 Å². The molecule has 0 aromatic carbocycles. The molecular weight excluding hydrogens is 234 g/mol. The standard InChI is InChI=1S/C12H17N3OS/c1-3-6-15(8-11(13)17)12(16)10-4-5-14-9(2)7-10/h4-5,7H,3,6,8H2,1-2H3,(H2,13,17). The molecule has 1 heterocycles. The Hall–Kier alpha value is -1.49. The molecule has 0 atom stereocenters. The molecule has 0 aliphatic heterocycles. The third-order valence-corrected chi connectivity index (χ3v) is 2.40. The van der Waals surface area contributed by atoms with Gasteiger partial charge >= 0.3 is 0 Å².